The molecule has 0 aromatic carbocycles. The quantitative estimate of drug-likeness (QED) is 0.451. The second-order valence-electron chi connectivity index (χ2n) is 1.81. The molecule has 0 atom stereocenters. The van der Waals surface area contributed by atoms with E-state index in [1.807, 2.05) is 13.8 Å². The molecule has 0 aromatic heterocycles. The van der Waals surface area contributed by atoms with Gasteiger partial charge in [-0.25, -0.2) is 0 Å². The van der Waals surface area contributed by atoms with Crippen molar-refractivity contribution < 1.29 is 31.1 Å². The average molecular weight is 410 g/mol. The van der Waals surface area contributed by atoms with E-state index in [2.05, 4.69) is 41.9 Å². The van der Waals surface area contributed by atoms with Crippen molar-refractivity contribution in [1.29, 1.82) is 0 Å². The summed E-state index contributed by atoms with van der Waals surface area (Å²) in [7, 11) is 2.25. The summed E-state index contributed by atoms with van der Waals surface area (Å²) in [4.78, 5) is 0. The Morgan fingerprint density at radius 2 is 1.00 bits per heavy atom. The van der Waals surface area contributed by atoms with Gasteiger partial charge in [-0.3, -0.25) is 0 Å². The molecule has 0 nitrogen and oxygen atoms in total. The Hall–Kier alpha value is 1.12. The molecule has 0 aliphatic heterocycles. The van der Waals surface area contributed by atoms with E-state index >= 15 is 0 Å². The van der Waals surface area contributed by atoms with E-state index < -0.39 is 0 Å². The van der Waals surface area contributed by atoms with E-state index in [0.717, 1.165) is 0 Å². The topological polar surface area (TPSA) is 0 Å². The fraction of sp³-hybridized carbons (Fsp3) is 0.909. The summed E-state index contributed by atoms with van der Waals surface area (Å²) in [5.74, 6) is 0. The van der Waals surface area contributed by atoms with Gasteiger partial charge in [-0.2, -0.15) is 6.92 Å². The van der Waals surface area contributed by atoms with Crippen LogP contribution in [0.15, 0.2) is 0 Å². The molecule has 0 unspecified atom stereocenters. The molecule has 0 aromatic rings. The summed E-state index contributed by atoms with van der Waals surface area (Å²) in [5.41, 5.74) is 0. The van der Waals surface area contributed by atoms with Crippen LogP contribution in [0.4, 0.5) is 0 Å². The normalized spacial score (nSPS) is 5.23. The molecule has 0 aliphatic rings. The van der Waals surface area contributed by atoms with Gasteiger partial charge in [0.2, 0.25) is 0 Å². The summed E-state index contributed by atoms with van der Waals surface area (Å²) in [6.07, 6.45) is 3.69. The van der Waals surface area contributed by atoms with Crippen LogP contribution in [0.2, 0.25) is 12.6 Å². The van der Waals surface area contributed by atoms with Gasteiger partial charge in [0.1, 0.15) is 7.28 Å². The van der Waals surface area contributed by atoms with E-state index in [-0.39, 0.29) is 31.1 Å². The zero-order chi connectivity index (χ0) is 10.8. The van der Waals surface area contributed by atoms with Crippen LogP contribution in [0, 0.1) is 38.0 Å². The van der Waals surface area contributed by atoms with Gasteiger partial charge in [-0.05, 0) is 0 Å². The smallest absolute Gasteiger partial charge is 0.108 e. The van der Waals surface area contributed by atoms with Crippen molar-refractivity contribution >= 4 is 7.28 Å². The third kappa shape index (κ3) is 167. The third-order valence-electron chi connectivity index (χ3n) is 0.577. The molecule has 0 bridgehead atoms. The summed E-state index contributed by atoms with van der Waals surface area (Å²) >= 11 is 0. The van der Waals surface area contributed by atoms with Crippen molar-refractivity contribution in [3.63, 3.8) is 0 Å². The van der Waals surface area contributed by atoms with Gasteiger partial charge >= 0.3 is 0 Å². The fourth-order valence-electron chi connectivity index (χ4n) is 0.289. The molecule has 13 heavy (non-hydrogen) atoms. The molecule has 0 saturated heterocycles. The maximum Gasteiger partial charge on any atom is 0.108 e. The summed E-state index contributed by atoms with van der Waals surface area (Å²) < 4.78 is 0. The Bertz CT molecular complexity index is 24.1. The van der Waals surface area contributed by atoms with Gasteiger partial charge in [-0.15, -0.1) is 0 Å². The zero-order valence-corrected chi connectivity index (χ0v) is 15.1. The minimum Gasteiger partial charge on any atom is -0.346 e. The van der Waals surface area contributed by atoms with Crippen molar-refractivity contribution in [2.45, 2.75) is 67.5 Å². The first-order valence-corrected chi connectivity index (χ1v) is 5.35. The Labute approximate surface area is 112 Å². The molecule has 0 N–H and O–H groups in total. The Morgan fingerprint density at radius 1 is 0.846 bits per heavy atom. The van der Waals surface area contributed by atoms with E-state index in [9.17, 15) is 0 Å². The standard InChI is InChI=1S/C4H10B.C3H8.C2H6.C2H5.U/c1-3-5-4-2;1-3-2;2*1-2;/h3-4H2,1-2H3;3H2,1-2H3;1-2H3;1H2,2H3;/q;;;-1;. The number of hydrogen-bond donors (Lipinski definition) is 0. The first kappa shape index (κ1) is 29.2. The largest absolute Gasteiger partial charge is 0.346 e. The summed E-state index contributed by atoms with van der Waals surface area (Å²) in [6.45, 7) is 17.6. The minimum atomic E-state index is 0. The molecule has 0 fully saturated rings. The molecule has 0 heterocycles. The predicted octanol–water partition coefficient (Wildman–Crippen LogP) is 4.85. The van der Waals surface area contributed by atoms with E-state index in [1.165, 1.54) is 19.1 Å². The van der Waals surface area contributed by atoms with Crippen LogP contribution in [-0.4, -0.2) is 7.28 Å². The van der Waals surface area contributed by atoms with E-state index in [4.69, 9.17) is 0 Å². The van der Waals surface area contributed by atoms with Crippen LogP contribution in [0.1, 0.15) is 54.9 Å². The maximum atomic E-state index is 3.25. The molecule has 0 saturated carbocycles. The van der Waals surface area contributed by atoms with Gasteiger partial charge in [-0.1, -0.05) is 60.6 Å². The fourth-order valence-corrected chi connectivity index (χ4v) is 0.289. The van der Waals surface area contributed by atoms with Gasteiger partial charge in [0.25, 0.3) is 0 Å². The van der Waals surface area contributed by atoms with Crippen molar-refractivity contribution in [2.24, 2.45) is 0 Å². The van der Waals surface area contributed by atoms with Crippen LogP contribution in [0.25, 0.3) is 0 Å². The molecule has 0 rings (SSSR count). The van der Waals surface area contributed by atoms with E-state index in [1.54, 1.807) is 6.92 Å². The van der Waals surface area contributed by atoms with Crippen LogP contribution >= 0.6 is 0 Å². The second kappa shape index (κ2) is 73.6. The van der Waals surface area contributed by atoms with Crippen molar-refractivity contribution in [3.05, 3.63) is 6.92 Å². The molecule has 0 aliphatic carbocycles. The maximum absolute atomic E-state index is 3.25. The average Bonchev–Trinajstić information content (AvgIpc) is 2.14. The first-order chi connectivity index (χ1) is 5.83. The van der Waals surface area contributed by atoms with Gasteiger partial charge < -0.3 is 6.92 Å². The van der Waals surface area contributed by atoms with Crippen LogP contribution in [-0.2, 0) is 0 Å². The molecule has 0 spiro atoms. The number of hydrogen-bond acceptors (Lipinski definition) is 0. The zero-order valence-electron chi connectivity index (χ0n) is 10.9. The van der Waals surface area contributed by atoms with Crippen molar-refractivity contribution in [2.75, 3.05) is 0 Å². The molecular weight excluding hydrogens is 381 g/mol. The molecular formula is C11H29BU-. The molecule has 81 valence electrons. The minimum absolute atomic E-state index is 0. The first-order valence-electron chi connectivity index (χ1n) is 5.35. The Morgan fingerprint density at radius 3 is 1.00 bits per heavy atom. The van der Waals surface area contributed by atoms with Crippen molar-refractivity contribution in [1.82, 2.24) is 0 Å². The summed E-state index contributed by atoms with van der Waals surface area (Å²) in [5, 5.41) is 0. The molecule has 2 heteroatoms. The van der Waals surface area contributed by atoms with Gasteiger partial charge in [0.05, 0.1) is 0 Å². The number of rotatable bonds is 2. The van der Waals surface area contributed by atoms with E-state index in [0.29, 0.717) is 0 Å². The van der Waals surface area contributed by atoms with Gasteiger partial charge in [0, 0.05) is 31.1 Å². The van der Waals surface area contributed by atoms with Crippen molar-refractivity contribution in [3.8, 4) is 0 Å². The van der Waals surface area contributed by atoms with Gasteiger partial charge in [0.15, 0.2) is 0 Å². The van der Waals surface area contributed by atoms with Crippen LogP contribution in [0.3, 0.4) is 0 Å². The third-order valence-corrected chi connectivity index (χ3v) is 0.577. The Kier molecular flexibility index (Phi) is 165. The second-order valence-corrected chi connectivity index (χ2v) is 1.81. The van der Waals surface area contributed by atoms with Crippen LogP contribution < -0.4 is 0 Å². The molecule has 0 amide bonds. The van der Waals surface area contributed by atoms with Crippen LogP contribution in [0.5, 0.6) is 0 Å². The SMILES string of the molecule is CC.CCC.CC[B]CC.[CH2-]C.[U]. The molecule has 1 radical (unpaired) electrons. The Balaban J connectivity index is -0.0000000235. The monoisotopic (exact) mass is 410 g/mol. The predicted molar refractivity (Wildman–Crippen MR) is 65.1 cm³/mol. The summed E-state index contributed by atoms with van der Waals surface area (Å²) in [6, 6.07) is 0.